The van der Waals surface area contributed by atoms with E-state index < -0.39 is 23.6 Å². The van der Waals surface area contributed by atoms with Crippen LogP contribution in [0.5, 0.6) is 5.75 Å². The summed E-state index contributed by atoms with van der Waals surface area (Å²) in [6, 6.07) is 17.8. The van der Waals surface area contributed by atoms with E-state index in [1.165, 1.54) is 17.7 Å². The number of anilines is 1. The van der Waals surface area contributed by atoms with E-state index in [1.807, 2.05) is 30.3 Å². The molecule has 0 N–H and O–H groups in total. The number of piperazine rings is 1. The number of ether oxygens (including phenoxy) is 1. The van der Waals surface area contributed by atoms with Crippen molar-refractivity contribution in [3.63, 3.8) is 0 Å². The van der Waals surface area contributed by atoms with Crippen molar-refractivity contribution < 1.29 is 27.5 Å². The largest absolute Gasteiger partial charge is 0.497 e. The van der Waals surface area contributed by atoms with Gasteiger partial charge in [-0.25, -0.2) is 0 Å². The Morgan fingerprint density at radius 1 is 0.784 bits per heavy atom. The average molecular weight is 510 g/mol. The number of halogens is 3. The summed E-state index contributed by atoms with van der Waals surface area (Å²) < 4.78 is 43.9. The van der Waals surface area contributed by atoms with Crippen molar-refractivity contribution in [1.29, 1.82) is 0 Å². The first-order valence-electron chi connectivity index (χ1n) is 12.0. The topological polar surface area (TPSA) is 53.1 Å². The zero-order chi connectivity index (χ0) is 26.2. The fraction of sp³-hybridized carbons (Fsp3) is 0.286. The van der Waals surface area contributed by atoms with Crippen molar-refractivity contribution in [3.8, 4) is 5.75 Å². The molecule has 2 aliphatic heterocycles. The molecule has 1 saturated heterocycles. The summed E-state index contributed by atoms with van der Waals surface area (Å²) in [4.78, 5) is 32.0. The summed E-state index contributed by atoms with van der Waals surface area (Å²) in [5.74, 6) is -0.0332. The fourth-order valence-corrected chi connectivity index (χ4v) is 4.84. The number of carbonyl (C=O) groups is 2. The van der Waals surface area contributed by atoms with Gasteiger partial charge < -0.3 is 9.64 Å². The van der Waals surface area contributed by atoms with Gasteiger partial charge in [0.25, 0.3) is 11.8 Å². The third-order valence-corrected chi connectivity index (χ3v) is 6.88. The Bertz CT molecular complexity index is 1300. The normalized spacial score (nSPS) is 16.3. The second-order valence-corrected chi connectivity index (χ2v) is 9.20. The van der Waals surface area contributed by atoms with Gasteiger partial charge in [0.15, 0.2) is 0 Å². The number of amides is 2. The number of fused-ring (bicyclic) bond motifs is 1. The Hall–Kier alpha value is -3.85. The summed E-state index contributed by atoms with van der Waals surface area (Å²) >= 11 is 0. The van der Waals surface area contributed by atoms with Crippen LogP contribution in [0, 0.1) is 0 Å². The van der Waals surface area contributed by atoms with Crippen molar-refractivity contribution in [2.75, 3.05) is 38.2 Å². The van der Waals surface area contributed by atoms with E-state index in [1.54, 1.807) is 19.2 Å². The molecule has 0 atom stereocenters. The number of hydrogen-bond acceptors (Lipinski definition) is 5. The van der Waals surface area contributed by atoms with Crippen LogP contribution >= 0.6 is 0 Å². The average Bonchev–Trinajstić information content (AvgIpc) is 3.14. The van der Waals surface area contributed by atoms with Crippen LogP contribution in [0.4, 0.5) is 18.9 Å². The molecular formula is C28H26F3N3O3. The van der Waals surface area contributed by atoms with E-state index in [9.17, 15) is 22.8 Å². The van der Waals surface area contributed by atoms with E-state index in [4.69, 9.17) is 4.74 Å². The molecule has 0 saturated carbocycles. The van der Waals surface area contributed by atoms with Crippen molar-refractivity contribution in [1.82, 2.24) is 9.80 Å². The highest BCUT2D eigenvalue weighted by molar-refractivity contribution is 6.23. The quantitative estimate of drug-likeness (QED) is 0.446. The Balaban J connectivity index is 1.27. The highest BCUT2D eigenvalue weighted by Crippen LogP contribution is 2.34. The summed E-state index contributed by atoms with van der Waals surface area (Å²) in [5.41, 5.74) is 2.28. The highest BCUT2D eigenvalue weighted by atomic mass is 19.4. The maximum absolute atomic E-state index is 13.3. The fourth-order valence-electron chi connectivity index (χ4n) is 4.84. The van der Waals surface area contributed by atoms with Crippen LogP contribution in [0.2, 0.25) is 0 Å². The molecule has 192 valence electrons. The number of carbonyl (C=O) groups excluding carboxylic acids is 2. The molecule has 9 heteroatoms. The first kappa shape index (κ1) is 24.8. The van der Waals surface area contributed by atoms with Gasteiger partial charge in [0.2, 0.25) is 0 Å². The molecule has 2 heterocycles. The summed E-state index contributed by atoms with van der Waals surface area (Å²) in [6.45, 7) is 3.72. The monoisotopic (exact) mass is 509 g/mol. The van der Waals surface area contributed by atoms with Crippen LogP contribution in [0.1, 0.15) is 37.4 Å². The molecule has 6 nitrogen and oxygen atoms in total. The number of methoxy groups -OCH3 is 1. The standard InChI is InChI=1S/C28H26F3N3O3/c1-37-22-11-7-19(8-12-22)17-32-13-15-33(16-14-32)24-4-2-3-23-25(24)27(36)34(26(23)35)18-20-5-9-21(10-6-20)28(29,30)31/h2-12H,13-18H2,1H3. The first-order valence-corrected chi connectivity index (χ1v) is 12.0. The summed E-state index contributed by atoms with van der Waals surface area (Å²) in [5, 5.41) is 0. The molecule has 3 aromatic rings. The molecule has 3 aromatic carbocycles. The van der Waals surface area contributed by atoms with E-state index >= 15 is 0 Å². The molecule has 2 aliphatic rings. The Labute approximate surface area is 212 Å². The number of hydrogen-bond donors (Lipinski definition) is 0. The predicted octanol–water partition coefficient (Wildman–Crippen LogP) is 4.83. The van der Waals surface area contributed by atoms with Crippen molar-refractivity contribution in [2.45, 2.75) is 19.3 Å². The second-order valence-electron chi connectivity index (χ2n) is 9.20. The molecule has 0 aromatic heterocycles. The maximum atomic E-state index is 13.3. The number of nitrogens with zero attached hydrogens (tertiary/aromatic N) is 3. The Morgan fingerprint density at radius 3 is 2.03 bits per heavy atom. The summed E-state index contributed by atoms with van der Waals surface area (Å²) in [6.07, 6.45) is -4.44. The van der Waals surface area contributed by atoms with Crippen LogP contribution in [0.3, 0.4) is 0 Å². The lowest BCUT2D eigenvalue weighted by atomic mass is 10.1. The van der Waals surface area contributed by atoms with Crippen molar-refractivity contribution in [3.05, 3.63) is 94.5 Å². The number of imide groups is 1. The number of benzene rings is 3. The Morgan fingerprint density at radius 2 is 1.41 bits per heavy atom. The SMILES string of the molecule is COc1ccc(CN2CCN(c3cccc4c3C(=O)N(Cc3ccc(C(F)(F)F)cc3)C4=O)CC2)cc1. The van der Waals surface area contributed by atoms with Crippen LogP contribution in [0.15, 0.2) is 66.7 Å². The van der Waals surface area contributed by atoms with E-state index in [-0.39, 0.29) is 6.54 Å². The van der Waals surface area contributed by atoms with Crippen LogP contribution in [0.25, 0.3) is 0 Å². The smallest absolute Gasteiger partial charge is 0.416 e. The van der Waals surface area contributed by atoms with Crippen LogP contribution in [-0.4, -0.2) is 54.9 Å². The molecule has 5 rings (SSSR count). The van der Waals surface area contributed by atoms with E-state index in [0.29, 0.717) is 29.8 Å². The molecule has 37 heavy (non-hydrogen) atoms. The minimum Gasteiger partial charge on any atom is -0.497 e. The van der Waals surface area contributed by atoms with Gasteiger partial charge in [0.05, 0.1) is 36.0 Å². The third-order valence-electron chi connectivity index (χ3n) is 6.88. The van der Waals surface area contributed by atoms with Crippen LogP contribution < -0.4 is 9.64 Å². The van der Waals surface area contributed by atoms with Gasteiger partial charge >= 0.3 is 6.18 Å². The lowest BCUT2D eigenvalue weighted by Gasteiger charge is -2.36. The van der Waals surface area contributed by atoms with Gasteiger partial charge in [-0.05, 0) is 47.5 Å². The van der Waals surface area contributed by atoms with Gasteiger partial charge in [-0.15, -0.1) is 0 Å². The molecule has 0 aliphatic carbocycles. The molecule has 0 spiro atoms. The lowest BCUT2D eigenvalue weighted by molar-refractivity contribution is -0.137. The lowest BCUT2D eigenvalue weighted by Crippen LogP contribution is -2.46. The summed E-state index contributed by atoms with van der Waals surface area (Å²) in [7, 11) is 1.64. The number of rotatable bonds is 6. The zero-order valence-corrected chi connectivity index (χ0v) is 20.3. The molecular weight excluding hydrogens is 483 g/mol. The molecule has 0 unspecified atom stereocenters. The van der Waals surface area contributed by atoms with E-state index in [2.05, 4.69) is 9.80 Å². The van der Waals surface area contributed by atoms with Crippen molar-refractivity contribution >= 4 is 17.5 Å². The predicted molar refractivity (Wildman–Crippen MR) is 133 cm³/mol. The van der Waals surface area contributed by atoms with Gasteiger partial charge in [0.1, 0.15) is 5.75 Å². The molecule has 0 radical (unpaired) electrons. The third kappa shape index (κ3) is 5.04. The van der Waals surface area contributed by atoms with Gasteiger partial charge in [0, 0.05) is 32.7 Å². The van der Waals surface area contributed by atoms with Gasteiger partial charge in [-0.3, -0.25) is 19.4 Å². The maximum Gasteiger partial charge on any atom is 0.416 e. The van der Waals surface area contributed by atoms with Gasteiger partial charge in [-0.2, -0.15) is 13.2 Å². The zero-order valence-electron chi connectivity index (χ0n) is 20.3. The number of alkyl halides is 3. The molecule has 2 amide bonds. The van der Waals surface area contributed by atoms with Gasteiger partial charge in [-0.1, -0.05) is 30.3 Å². The second kappa shape index (κ2) is 9.89. The Kier molecular flexibility index (Phi) is 6.64. The van der Waals surface area contributed by atoms with E-state index in [0.717, 1.165) is 48.1 Å². The highest BCUT2D eigenvalue weighted by Gasteiger charge is 2.39. The molecule has 1 fully saturated rings. The minimum absolute atomic E-state index is 0.0838. The van der Waals surface area contributed by atoms with Crippen LogP contribution in [-0.2, 0) is 19.3 Å². The minimum atomic E-state index is -4.44. The first-order chi connectivity index (χ1) is 17.7. The molecule has 0 bridgehead atoms. The van der Waals surface area contributed by atoms with Crippen molar-refractivity contribution in [2.24, 2.45) is 0 Å².